The van der Waals surface area contributed by atoms with Crippen molar-refractivity contribution in [3.63, 3.8) is 0 Å². The molecule has 0 aliphatic heterocycles. The van der Waals surface area contributed by atoms with Crippen LogP contribution < -0.4 is 5.19 Å². The Bertz CT molecular complexity index is 408. The summed E-state index contributed by atoms with van der Waals surface area (Å²) in [5.74, 6) is 0. The van der Waals surface area contributed by atoms with E-state index in [0.717, 1.165) is 9.52 Å². The Morgan fingerprint density at radius 3 is 2.00 bits per heavy atom. The third-order valence-electron chi connectivity index (χ3n) is 2.72. The molecule has 16 heavy (non-hydrogen) atoms. The highest BCUT2D eigenvalue weighted by atomic mass is 28.2. The Kier molecular flexibility index (Phi) is 3.95. The van der Waals surface area contributed by atoms with E-state index in [9.17, 15) is 0 Å². The maximum Gasteiger partial charge on any atom is 0.0890 e. The van der Waals surface area contributed by atoms with E-state index in [0.29, 0.717) is 5.54 Å². The molecule has 0 bridgehead atoms. The lowest BCUT2D eigenvalue weighted by Crippen LogP contribution is -2.21. The van der Waals surface area contributed by atoms with E-state index in [-0.39, 0.29) is 0 Å². The fourth-order valence-electron chi connectivity index (χ4n) is 1.84. The molecule has 0 N–H and O–H groups in total. The van der Waals surface area contributed by atoms with Gasteiger partial charge in [0.15, 0.2) is 0 Å². The molecule has 1 heteroatoms. The van der Waals surface area contributed by atoms with Gasteiger partial charge >= 0.3 is 0 Å². The summed E-state index contributed by atoms with van der Waals surface area (Å²) in [6, 6.07) is 21.6. The van der Waals surface area contributed by atoms with E-state index in [1.165, 1.54) is 17.2 Å². The molecule has 0 saturated heterocycles. The average Bonchev–Trinajstić information content (AvgIpc) is 2.38. The highest BCUT2D eigenvalue weighted by Gasteiger charge is 2.10. The molecule has 0 heterocycles. The molecule has 0 aromatic heterocycles. The number of rotatable bonds is 4. The Labute approximate surface area is 100 Å². The van der Waals surface area contributed by atoms with Gasteiger partial charge < -0.3 is 0 Å². The number of hydrogen-bond acceptors (Lipinski definition) is 0. The van der Waals surface area contributed by atoms with Gasteiger partial charge in [-0.15, -0.1) is 0 Å². The molecule has 0 amide bonds. The second kappa shape index (κ2) is 5.66. The van der Waals surface area contributed by atoms with Crippen LogP contribution in [0.1, 0.15) is 24.4 Å². The minimum atomic E-state index is 0.670. The predicted molar refractivity (Wildman–Crippen MR) is 71.3 cm³/mol. The third-order valence-corrected chi connectivity index (χ3v) is 4.48. The highest BCUT2D eigenvalue weighted by molar-refractivity contribution is 6.55. The smallest absolute Gasteiger partial charge is 0.0651 e. The zero-order valence-corrected chi connectivity index (χ0v) is 10.6. The van der Waals surface area contributed by atoms with Crippen LogP contribution in [0.3, 0.4) is 0 Å². The van der Waals surface area contributed by atoms with Crippen LogP contribution in [0.15, 0.2) is 60.7 Å². The monoisotopic (exact) mass is 224 g/mol. The molecule has 2 radical (unpaired) electrons. The van der Waals surface area contributed by atoms with E-state index >= 15 is 0 Å². The van der Waals surface area contributed by atoms with Gasteiger partial charge in [0.1, 0.15) is 0 Å². The Balaban J connectivity index is 2.13. The summed E-state index contributed by atoms with van der Waals surface area (Å²) in [5, 5.41) is 1.46. The van der Waals surface area contributed by atoms with Crippen molar-refractivity contribution in [3.05, 3.63) is 66.2 Å². The first-order chi connectivity index (χ1) is 7.90. The van der Waals surface area contributed by atoms with Crippen molar-refractivity contribution in [2.24, 2.45) is 0 Å². The van der Waals surface area contributed by atoms with Gasteiger partial charge in [0.25, 0.3) is 0 Å². The maximum atomic E-state index is 2.27. The number of hydrogen-bond donors (Lipinski definition) is 0. The summed E-state index contributed by atoms with van der Waals surface area (Å²) in [6.07, 6.45) is 1.21. The summed E-state index contributed by atoms with van der Waals surface area (Å²) in [4.78, 5) is 0. The molecule has 0 aliphatic carbocycles. The van der Waals surface area contributed by atoms with Crippen LogP contribution in [-0.4, -0.2) is 9.52 Å². The topological polar surface area (TPSA) is 0 Å². The van der Waals surface area contributed by atoms with Gasteiger partial charge in [-0.3, -0.25) is 0 Å². The summed E-state index contributed by atoms with van der Waals surface area (Å²) < 4.78 is 0. The Morgan fingerprint density at radius 2 is 1.44 bits per heavy atom. The first-order valence-electron chi connectivity index (χ1n) is 5.76. The second-order valence-electron chi connectivity index (χ2n) is 3.88. The van der Waals surface area contributed by atoms with Gasteiger partial charge in [-0.1, -0.05) is 79.2 Å². The first kappa shape index (κ1) is 11.2. The molecule has 0 saturated carbocycles. The quantitative estimate of drug-likeness (QED) is 0.700. The molecule has 2 aromatic carbocycles. The molecule has 80 valence electrons. The van der Waals surface area contributed by atoms with Crippen molar-refractivity contribution in [1.82, 2.24) is 0 Å². The van der Waals surface area contributed by atoms with Gasteiger partial charge in [-0.25, -0.2) is 0 Å². The SMILES string of the molecule is CCC([Si]c1ccccc1)c1ccccc1. The van der Waals surface area contributed by atoms with Crippen LogP contribution in [0.4, 0.5) is 0 Å². The molecule has 1 atom stereocenters. The summed E-state index contributed by atoms with van der Waals surface area (Å²) in [5.41, 5.74) is 2.13. The van der Waals surface area contributed by atoms with Crippen LogP contribution in [-0.2, 0) is 0 Å². The lowest BCUT2D eigenvalue weighted by Gasteiger charge is -2.14. The molecule has 0 fully saturated rings. The number of benzene rings is 2. The average molecular weight is 224 g/mol. The van der Waals surface area contributed by atoms with Crippen LogP contribution in [0, 0.1) is 0 Å². The molecule has 0 aliphatic rings. The minimum Gasteiger partial charge on any atom is -0.0651 e. The van der Waals surface area contributed by atoms with E-state index in [1.54, 1.807) is 0 Å². The van der Waals surface area contributed by atoms with Crippen LogP contribution >= 0.6 is 0 Å². The van der Waals surface area contributed by atoms with Crippen molar-refractivity contribution in [3.8, 4) is 0 Å². The fraction of sp³-hybridized carbons (Fsp3) is 0.200. The van der Waals surface area contributed by atoms with Crippen molar-refractivity contribution in [2.45, 2.75) is 18.9 Å². The predicted octanol–water partition coefficient (Wildman–Crippen LogP) is 3.17. The van der Waals surface area contributed by atoms with Crippen molar-refractivity contribution in [1.29, 1.82) is 0 Å². The minimum absolute atomic E-state index is 0.670. The molecular formula is C15H16Si. The third kappa shape index (κ3) is 2.83. The summed E-state index contributed by atoms with van der Waals surface area (Å²) in [7, 11) is 0.873. The lowest BCUT2D eigenvalue weighted by atomic mass is 10.1. The lowest BCUT2D eigenvalue weighted by molar-refractivity contribution is 0.876. The van der Waals surface area contributed by atoms with Crippen LogP contribution in [0.2, 0.25) is 0 Å². The van der Waals surface area contributed by atoms with Gasteiger partial charge in [0, 0.05) is 0 Å². The molecular weight excluding hydrogens is 208 g/mol. The largest absolute Gasteiger partial charge is 0.0890 e. The van der Waals surface area contributed by atoms with Gasteiger partial charge in [0.2, 0.25) is 0 Å². The van der Waals surface area contributed by atoms with E-state index in [4.69, 9.17) is 0 Å². The van der Waals surface area contributed by atoms with Crippen LogP contribution in [0.5, 0.6) is 0 Å². The zero-order valence-electron chi connectivity index (χ0n) is 9.56. The van der Waals surface area contributed by atoms with Gasteiger partial charge in [-0.2, -0.15) is 0 Å². The molecule has 2 rings (SSSR count). The van der Waals surface area contributed by atoms with Gasteiger partial charge in [-0.05, 0) is 11.1 Å². The zero-order chi connectivity index (χ0) is 11.2. The molecule has 2 aromatic rings. The normalized spacial score (nSPS) is 12.3. The van der Waals surface area contributed by atoms with Gasteiger partial charge in [0.05, 0.1) is 9.52 Å². The second-order valence-corrected chi connectivity index (χ2v) is 5.44. The van der Waals surface area contributed by atoms with Crippen molar-refractivity contribution < 1.29 is 0 Å². The van der Waals surface area contributed by atoms with E-state index in [1.807, 2.05) is 0 Å². The standard InChI is InChI=1S/C15H16Si/c1-2-15(13-9-5-3-6-10-13)16-14-11-7-4-8-12-14/h3-12,15H,2H2,1H3. The first-order valence-corrected chi connectivity index (χ1v) is 6.84. The van der Waals surface area contributed by atoms with E-state index < -0.39 is 0 Å². The Hall–Kier alpha value is -1.34. The van der Waals surface area contributed by atoms with Crippen LogP contribution in [0.25, 0.3) is 0 Å². The highest BCUT2D eigenvalue weighted by Crippen LogP contribution is 2.17. The maximum absolute atomic E-state index is 2.27. The fourth-order valence-corrected chi connectivity index (χ4v) is 3.19. The molecule has 0 spiro atoms. The summed E-state index contributed by atoms with van der Waals surface area (Å²) in [6.45, 7) is 2.27. The molecule has 1 unspecified atom stereocenters. The van der Waals surface area contributed by atoms with Crippen molar-refractivity contribution >= 4 is 14.7 Å². The summed E-state index contributed by atoms with van der Waals surface area (Å²) >= 11 is 0. The molecule has 0 nitrogen and oxygen atoms in total. The van der Waals surface area contributed by atoms with Crippen molar-refractivity contribution in [2.75, 3.05) is 0 Å². The Morgan fingerprint density at radius 1 is 0.875 bits per heavy atom. The van der Waals surface area contributed by atoms with E-state index in [2.05, 4.69) is 67.6 Å².